The lowest BCUT2D eigenvalue weighted by molar-refractivity contribution is 0.278. The third-order valence-electron chi connectivity index (χ3n) is 2.53. The van der Waals surface area contributed by atoms with Crippen LogP contribution in [0.5, 0.6) is 5.75 Å². The molecule has 0 atom stereocenters. The van der Waals surface area contributed by atoms with E-state index in [1.54, 1.807) is 16.9 Å². The Morgan fingerprint density at radius 3 is 2.83 bits per heavy atom. The van der Waals surface area contributed by atoms with Gasteiger partial charge in [0.25, 0.3) is 0 Å². The summed E-state index contributed by atoms with van der Waals surface area (Å²) in [5.74, 6) is 0.0286. The molecule has 0 fully saturated rings. The van der Waals surface area contributed by atoms with Crippen molar-refractivity contribution in [3.8, 4) is 5.75 Å². The van der Waals surface area contributed by atoms with Crippen molar-refractivity contribution in [3.63, 3.8) is 0 Å². The van der Waals surface area contributed by atoms with Crippen molar-refractivity contribution in [2.75, 3.05) is 6.61 Å². The number of benzene rings is 1. The van der Waals surface area contributed by atoms with Crippen LogP contribution in [-0.4, -0.2) is 21.5 Å². The molecule has 2 aromatic rings. The van der Waals surface area contributed by atoms with E-state index in [0.717, 1.165) is 5.56 Å². The van der Waals surface area contributed by atoms with Gasteiger partial charge in [-0.3, -0.25) is 4.68 Å². The summed E-state index contributed by atoms with van der Waals surface area (Å²) in [5, 5.41) is 13.0. The van der Waals surface area contributed by atoms with Crippen LogP contribution in [0.15, 0.2) is 30.6 Å². The van der Waals surface area contributed by atoms with E-state index in [1.165, 1.54) is 12.1 Å². The zero-order valence-electron chi connectivity index (χ0n) is 10.1. The van der Waals surface area contributed by atoms with E-state index in [9.17, 15) is 4.39 Å². The van der Waals surface area contributed by atoms with Crippen LogP contribution in [0, 0.1) is 5.82 Å². The maximum absolute atomic E-state index is 13.2. The lowest BCUT2D eigenvalue weighted by atomic mass is 10.2. The lowest BCUT2D eigenvalue weighted by Crippen LogP contribution is -2.01. The molecule has 1 aromatic carbocycles. The van der Waals surface area contributed by atoms with E-state index in [2.05, 4.69) is 5.10 Å². The molecule has 0 spiro atoms. The van der Waals surface area contributed by atoms with E-state index in [0.29, 0.717) is 24.3 Å². The maximum Gasteiger partial charge on any atom is 0.127 e. The highest BCUT2D eigenvalue weighted by Gasteiger charge is 2.02. The molecule has 18 heavy (non-hydrogen) atoms. The molecule has 1 aromatic heterocycles. The van der Waals surface area contributed by atoms with Gasteiger partial charge in [-0.1, -0.05) is 0 Å². The highest BCUT2D eigenvalue weighted by atomic mass is 19.1. The van der Waals surface area contributed by atoms with Crippen LogP contribution >= 0.6 is 0 Å². The first-order chi connectivity index (χ1) is 8.67. The van der Waals surface area contributed by atoms with Crippen molar-refractivity contribution in [1.29, 1.82) is 0 Å². The van der Waals surface area contributed by atoms with Crippen molar-refractivity contribution < 1.29 is 14.2 Å². The Bertz CT molecular complexity index is 525. The third kappa shape index (κ3) is 3.30. The smallest absolute Gasteiger partial charge is 0.127 e. The Morgan fingerprint density at radius 2 is 2.17 bits per heavy atom. The molecule has 0 radical (unpaired) electrons. The molecule has 0 amide bonds. The van der Waals surface area contributed by atoms with E-state index < -0.39 is 5.82 Å². The van der Waals surface area contributed by atoms with Gasteiger partial charge in [0.2, 0.25) is 0 Å². The predicted octanol–water partition coefficient (Wildman–Crippen LogP) is 1.67. The number of hydrogen-bond acceptors (Lipinski definition) is 3. The number of rotatable bonds is 5. The largest absolute Gasteiger partial charge is 0.493 e. The number of aliphatic hydroxyl groups is 1. The van der Waals surface area contributed by atoms with Gasteiger partial charge in [0.05, 0.1) is 19.4 Å². The minimum absolute atomic E-state index is 0.198. The molecule has 4 nitrogen and oxygen atoms in total. The molecule has 0 aliphatic rings. The monoisotopic (exact) mass is 250 g/mol. The molecule has 0 bridgehead atoms. The van der Waals surface area contributed by atoms with Gasteiger partial charge in [-0.15, -0.1) is 0 Å². The molecule has 0 aliphatic heterocycles. The average Bonchev–Trinajstić information content (AvgIpc) is 2.74. The summed E-state index contributed by atoms with van der Waals surface area (Å²) in [4.78, 5) is 0. The van der Waals surface area contributed by atoms with Crippen LogP contribution in [0.1, 0.15) is 11.1 Å². The highest BCUT2D eigenvalue weighted by molar-refractivity contribution is 5.29. The second kappa shape index (κ2) is 5.64. The summed E-state index contributed by atoms with van der Waals surface area (Å²) < 4.78 is 20.3. The number of ether oxygens (including phenoxy) is 1. The Kier molecular flexibility index (Phi) is 3.94. The van der Waals surface area contributed by atoms with Gasteiger partial charge < -0.3 is 9.84 Å². The predicted molar refractivity (Wildman–Crippen MR) is 64.7 cm³/mol. The number of aromatic nitrogens is 2. The summed E-state index contributed by atoms with van der Waals surface area (Å²) in [6.45, 7) is 0.247. The quantitative estimate of drug-likeness (QED) is 0.878. The van der Waals surface area contributed by atoms with Gasteiger partial charge in [-0.05, 0) is 23.3 Å². The fourth-order valence-electron chi connectivity index (χ4n) is 1.68. The van der Waals surface area contributed by atoms with E-state index in [4.69, 9.17) is 9.84 Å². The Hall–Kier alpha value is -1.88. The number of halogens is 1. The molecule has 0 saturated carbocycles. The first kappa shape index (κ1) is 12.6. The van der Waals surface area contributed by atoms with Crippen LogP contribution in [0.4, 0.5) is 4.39 Å². The SMILES string of the molecule is Cn1cc(CCOc2cc(F)cc(CO)c2)cn1. The van der Waals surface area contributed by atoms with Gasteiger partial charge in [0.1, 0.15) is 11.6 Å². The second-order valence-electron chi connectivity index (χ2n) is 4.07. The first-order valence-electron chi connectivity index (χ1n) is 5.68. The van der Waals surface area contributed by atoms with E-state index >= 15 is 0 Å². The molecular weight excluding hydrogens is 235 g/mol. The molecule has 0 saturated heterocycles. The molecular formula is C13H15FN2O2. The van der Waals surface area contributed by atoms with Gasteiger partial charge >= 0.3 is 0 Å². The molecule has 1 heterocycles. The molecule has 0 unspecified atom stereocenters. The van der Waals surface area contributed by atoms with Crippen LogP contribution in [-0.2, 0) is 20.1 Å². The van der Waals surface area contributed by atoms with Crippen LogP contribution in [0.25, 0.3) is 0 Å². The molecule has 1 N–H and O–H groups in total. The highest BCUT2D eigenvalue weighted by Crippen LogP contribution is 2.16. The van der Waals surface area contributed by atoms with Crippen molar-refractivity contribution in [2.45, 2.75) is 13.0 Å². The van der Waals surface area contributed by atoms with Gasteiger partial charge in [0.15, 0.2) is 0 Å². The minimum atomic E-state index is -0.405. The summed E-state index contributed by atoms with van der Waals surface area (Å²) in [5.41, 5.74) is 1.57. The van der Waals surface area contributed by atoms with Crippen LogP contribution in [0.2, 0.25) is 0 Å². The Balaban J connectivity index is 1.91. The van der Waals surface area contributed by atoms with Gasteiger partial charge in [0, 0.05) is 25.7 Å². The fraction of sp³-hybridized carbons (Fsp3) is 0.308. The normalized spacial score (nSPS) is 10.6. The van der Waals surface area contributed by atoms with Crippen LogP contribution in [0.3, 0.4) is 0 Å². The van der Waals surface area contributed by atoms with Crippen molar-refractivity contribution >= 4 is 0 Å². The van der Waals surface area contributed by atoms with E-state index in [-0.39, 0.29) is 6.61 Å². The average molecular weight is 250 g/mol. The van der Waals surface area contributed by atoms with Gasteiger partial charge in [-0.2, -0.15) is 5.10 Å². The number of nitrogens with zero attached hydrogens (tertiary/aromatic N) is 2. The zero-order valence-corrected chi connectivity index (χ0v) is 10.1. The molecule has 2 rings (SSSR count). The third-order valence-corrected chi connectivity index (χ3v) is 2.53. The Morgan fingerprint density at radius 1 is 1.33 bits per heavy atom. The second-order valence-corrected chi connectivity index (χ2v) is 4.07. The Labute approximate surface area is 105 Å². The zero-order chi connectivity index (χ0) is 13.0. The molecule has 0 aliphatic carbocycles. The van der Waals surface area contributed by atoms with Crippen molar-refractivity contribution in [1.82, 2.24) is 9.78 Å². The van der Waals surface area contributed by atoms with E-state index in [1.807, 2.05) is 13.2 Å². The summed E-state index contributed by atoms with van der Waals surface area (Å²) >= 11 is 0. The van der Waals surface area contributed by atoms with Crippen LogP contribution < -0.4 is 4.74 Å². The fourth-order valence-corrected chi connectivity index (χ4v) is 1.68. The number of aliphatic hydroxyl groups excluding tert-OH is 1. The number of hydrogen-bond donors (Lipinski definition) is 1. The minimum Gasteiger partial charge on any atom is -0.493 e. The maximum atomic E-state index is 13.2. The first-order valence-corrected chi connectivity index (χ1v) is 5.68. The standard InChI is InChI=1S/C13H15FN2O2/c1-16-8-10(7-15-16)2-3-18-13-5-11(9-17)4-12(14)6-13/h4-8,17H,2-3,9H2,1H3. The lowest BCUT2D eigenvalue weighted by Gasteiger charge is -2.07. The molecule has 96 valence electrons. The van der Waals surface area contributed by atoms with Crippen molar-refractivity contribution in [2.24, 2.45) is 7.05 Å². The summed E-state index contributed by atoms with van der Waals surface area (Å²) in [7, 11) is 1.85. The summed E-state index contributed by atoms with van der Waals surface area (Å²) in [6, 6.07) is 4.22. The number of aryl methyl sites for hydroxylation is 1. The molecule has 5 heteroatoms. The topological polar surface area (TPSA) is 47.3 Å². The summed E-state index contributed by atoms with van der Waals surface area (Å²) in [6.07, 6.45) is 4.39. The van der Waals surface area contributed by atoms with Gasteiger partial charge in [-0.25, -0.2) is 4.39 Å². The van der Waals surface area contributed by atoms with Crippen molar-refractivity contribution in [3.05, 3.63) is 47.5 Å².